The fourth-order valence-corrected chi connectivity index (χ4v) is 2.59. The Hall–Kier alpha value is -1.10. The highest BCUT2D eigenvalue weighted by Gasteiger charge is 2.23. The molecule has 1 rings (SSSR count). The lowest BCUT2D eigenvalue weighted by Gasteiger charge is -2.23. The van der Waals surface area contributed by atoms with Crippen molar-refractivity contribution in [1.82, 2.24) is 10.6 Å². The van der Waals surface area contributed by atoms with Crippen LogP contribution in [0, 0.1) is 0 Å². The molecule has 0 bridgehead atoms. The van der Waals surface area contributed by atoms with Gasteiger partial charge in [0.2, 0.25) is 11.8 Å². The molecule has 0 radical (unpaired) electrons. The first-order valence-corrected chi connectivity index (χ1v) is 8.70. The standard InChI is InChI=1S/C17H32N2O3/c1-5-12(2)18-16(20)13(3)19-17(21)14(4)22-15-10-8-6-7-9-11-15/h12-15H,5-11H2,1-4H3,(H,18,20)(H,19,21). The lowest BCUT2D eigenvalue weighted by atomic mass is 10.1. The molecule has 0 saturated heterocycles. The van der Waals surface area contributed by atoms with Gasteiger partial charge in [-0.15, -0.1) is 0 Å². The summed E-state index contributed by atoms with van der Waals surface area (Å²) in [5, 5.41) is 5.61. The molecule has 1 saturated carbocycles. The first-order valence-electron chi connectivity index (χ1n) is 8.70. The van der Waals surface area contributed by atoms with Gasteiger partial charge in [0.25, 0.3) is 0 Å². The topological polar surface area (TPSA) is 67.4 Å². The van der Waals surface area contributed by atoms with Crippen LogP contribution in [-0.4, -0.2) is 36.1 Å². The summed E-state index contributed by atoms with van der Waals surface area (Å²) in [5.41, 5.74) is 0. The van der Waals surface area contributed by atoms with Gasteiger partial charge in [-0.3, -0.25) is 9.59 Å². The second-order valence-electron chi connectivity index (χ2n) is 6.44. The van der Waals surface area contributed by atoms with E-state index in [1.54, 1.807) is 13.8 Å². The molecule has 2 amide bonds. The maximum atomic E-state index is 12.2. The maximum absolute atomic E-state index is 12.2. The Morgan fingerprint density at radius 2 is 1.59 bits per heavy atom. The Bertz CT molecular complexity index is 352. The molecule has 3 unspecified atom stereocenters. The fraction of sp³-hybridized carbons (Fsp3) is 0.882. The van der Waals surface area contributed by atoms with Crippen LogP contribution < -0.4 is 10.6 Å². The SMILES string of the molecule is CCC(C)NC(=O)C(C)NC(=O)C(C)OC1CCCCCC1. The average Bonchev–Trinajstić information content (AvgIpc) is 2.75. The molecule has 0 aliphatic heterocycles. The summed E-state index contributed by atoms with van der Waals surface area (Å²) < 4.78 is 5.87. The van der Waals surface area contributed by atoms with Crippen LogP contribution >= 0.6 is 0 Å². The van der Waals surface area contributed by atoms with Crippen LogP contribution in [-0.2, 0) is 14.3 Å². The molecule has 3 atom stereocenters. The van der Waals surface area contributed by atoms with Gasteiger partial charge in [0, 0.05) is 6.04 Å². The summed E-state index contributed by atoms with van der Waals surface area (Å²) >= 11 is 0. The number of rotatable bonds is 7. The van der Waals surface area contributed by atoms with E-state index in [0.29, 0.717) is 0 Å². The molecule has 1 aliphatic carbocycles. The predicted octanol–water partition coefficient (Wildman–Crippen LogP) is 2.53. The van der Waals surface area contributed by atoms with Crippen LogP contribution in [0.15, 0.2) is 0 Å². The molecule has 0 heterocycles. The number of hydrogen-bond acceptors (Lipinski definition) is 3. The monoisotopic (exact) mass is 312 g/mol. The van der Waals surface area contributed by atoms with Crippen molar-refractivity contribution < 1.29 is 14.3 Å². The molecule has 22 heavy (non-hydrogen) atoms. The second kappa shape index (κ2) is 9.82. The van der Waals surface area contributed by atoms with Crippen molar-refractivity contribution in [2.45, 2.75) is 96.9 Å². The Labute approximate surface area is 134 Å². The van der Waals surface area contributed by atoms with E-state index in [4.69, 9.17) is 4.74 Å². The highest BCUT2D eigenvalue weighted by molar-refractivity contribution is 5.89. The van der Waals surface area contributed by atoms with Gasteiger partial charge in [-0.05, 0) is 40.0 Å². The van der Waals surface area contributed by atoms with Crippen molar-refractivity contribution in [1.29, 1.82) is 0 Å². The Morgan fingerprint density at radius 1 is 1.00 bits per heavy atom. The first kappa shape index (κ1) is 18.9. The zero-order chi connectivity index (χ0) is 16.5. The Morgan fingerprint density at radius 3 is 2.14 bits per heavy atom. The first-order chi connectivity index (χ1) is 10.4. The number of nitrogens with one attached hydrogen (secondary N) is 2. The predicted molar refractivity (Wildman–Crippen MR) is 87.5 cm³/mol. The van der Waals surface area contributed by atoms with E-state index >= 15 is 0 Å². The third-order valence-corrected chi connectivity index (χ3v) is 4.32. The number of hydrogen-bond donors (Lipinski definition) is 2. The summed E-state index contributed by atoms with van der Waals surface area (Å²) in [7, 11) is 0. The molecule has 1 aliphatic rings. The zero-order valence-corrected chi connectivity index (χ0v) is 14.5. The van der Waals surface area contributed by atoms with Gasteiger partial charge >= 0.3 is 0 Å². The van der Waals surface area contributed by atoms with E-state index in [1.165, 1.54) is 25.7 Å². The van der Waals surface area contributed by atoms with Gasteiger partial charge in [0.15, 0.2) is 0 Å². The van der Waals surface area contributed by atoms with Crippen LogP contribution in [0.5, 0.6) is 0 Å². The van der Waals surface area contributed by atoms with Gasteiger partial charge < -0.3 is 15.4 Å². The summed E-state index contributed by atoms with van der Waals surface area (Å²) in [5.74, 6) is -0.361. The summed E-state index contributed by atoms with van der Waals surface area (Å²) in [6.07, 6.45) is 7.45. The van der Waals surface area contributed by atoms with E-state index in [1.807, 2.05) is 13.8 Å². The second-order valence-corrected chi connectivity index (χ2v) is 6.44. The van der Waals surface area contributed by atoms with Gasteiger partial charge in [-0.25, -0.2) is 0 Å². The molecule has 0 aromatic heterocycles. The van der Waals surface area contributed by atoms with E-state index < -0.39 is 12.1 Å². The van der Waals surface area contributed by atoms with Crippen LogP contribution in [0.2, 0.25) is 0 Å². The molecule has 0 aromatic rings. The molecule has 0 spiro atoms. The average molecular weight is 312 g/mol. The van der Waals surface area contributed by atoms with Crippen LogP contribution in [0.3, 0.4) is 0 Å². The third-order valence-electron chi connectivity index (χ3n) is 4.32. The summed E-state index contributed by atoms with van der Waals surface area (Å²) in [4.78, 5) is 24.1. The molecule has 0 aromatic carbocycles. The fourth-order valence-electron chi connectivity index (χ4n) is 2.59. The summed E-state index contributed by atoms with van der Waals surface area (Å²) in [6, 6.07) is -0.423. The number of ether oxygens (including phenoxy) is 1. The van der Waals surface area contributed by atoms with Crippen LogP contribution in [0.25, 0.3) is 0 Å². The van der Waals surface area contributed by atoms with Gasteiger partial charge in [-0.1, -0.05) is 32.6 Å². The van der Waals surface area contributed by atoms with Crippen molar-refractivity contribution >= 4 is 11.8 Å². The molecular formula is C17H32N2O3. The molecule has 5 heteroatoms. The van der Waals surface area contributed by atoms with Crippen molar-refractivity contribution in [3.05, 3.63) is 0 Å². The van der Waals surface area contributed by atoms with Gasteiger partial charge in [-0.2, -0.15) is 0 Å². The highest BCUT2D eigenvalue weighted by atomic mass is 16.5. The van der Waals surface area contributed by atoms with E-state index in [0.717, 1.165) is 19.3 Å². The maximum Gasteiger partial charge on any atom is 0.249 e. The number of carbonyl (C=O) groups is 2. The molecular weight excluding hydrogens is 280 g/mol. The summed E-state index contributed by atoms with van der Waals surface area (Å²) in [6.45, 7) is 7.43. The minimum atomic E-state index is -0.540. The van der Waals surface area contributed by atoms with Crippen LogP contribution in [0.1, 0.15) is 72.6 Å². The number of amides is 2. The Kier molecular flexibility index (Phi) is 8.46. The molecule has 128 valence electrons. The lowest BCUT2D eigenvalue weighted by molar-refractivity contribution is -0.139. The van der Waals surface area contributed by atoms with E-state index in [2.05, 4.69) is 10.6 Å². The van der Waals surface area contributed by atoms with Crippen molar-refractivity contribution in [2.24, 2.45) is 0 Å². The normalized spacial score (nSPS) is 20.5. The third kappa shape index (κ3) is 6.77. The lowest BCUT2D eigenvalue weighted by Crippen LogP contribution is -2.50. The van der Waals surface area contributed by atoms with Crippen molar-refractivity contribution in [3.8, 4) is 0 Å². The molecule has 5 nitrogen and oxygen atoms in total. The van der Waals surface area contributed by atoms with Crippen LogP contribution in [0.4, 0.5) is 0 Å². The molecule has 2 N–H and O–H groups in total. The quantitative estimate of drug-likeness (QED) is 0.710. The molecule has 1 fully saturated rings. The van der Waals surface area contributed by atoms with Crippen molar-refractivity contribution in [3.63, 3.8) is 0 Å². The largest absolute Gasteiger partial charge is 0.365 e. The van der Waals surface area contributed by atoms with Gasteiger partial charge in [0.05, 0.1) is 6.10 Å². The zero-order valence-electron chi connectivity index (χ0n) is 14.5. The smallest absolute Gasteiger partial charge is 0.249 e. The highest BCUT2D eigenvalue weighted by Crippen LogP contribution is 2.20. The number of carbonyl (C=O) groups excluding carboxylic acids is 2. The minimum Gasteiger partial charge on any atom is -0.365 e. The van der Waals surface area contributed by atoms with E-state index in [-0.39, 0.29) is 24.0 Å². The van der Waals surface area contributed by atoms with E-state index in [9.17, 15) is 9.59 Å². The Balaban J connectivity index is 2.37. The van der Waals surface area contributed by atoms with Gasteiger partial charge in [0.1, 0.15) is 12.1 Å². The van der Waals surface area contributed by atoms with Crippen molar-refractivity contribution in [2.75, 3.05) is 0 Å². The minimum absolute atomic E-state index is 0.117.